The highest BCUT2D eigenvalue weighted by Gasteiger charge is 2.10. The highest BCUT2D eigenvalue weighted by molar-refractivity contribution is 7.11. The molecule has 24 heavy (non-hydrogen) atoms. The first-order valence-corrected chi connectivity index (χ1v) is 8.53. The van der Waals surface area contributed by atoms with Crippen molar-refractivity contribution in [1.29, 1.82) is 0 Å². The van der Waals surface area contributed by atoms with Gasteiger partial charge in [0.1, 0.15) is 0 Å². The highest BCUT2D eigenvalue weighted by Crippen LogP contribution is 2.20. The Labute approximate surface area is 144 Å². The number of benzene rings is 1. The van der Waals surface area contributed by atoms with E-state index in [1.54, 1.807) is 23.5 Å². The fourth-order valence-corrected chi connectivity index (χ4v) is 3.12. The minimum Gasteiger partial charge on any atom is -0.459 e. The Morgan fingerprint density at radius 3 is 2.92 bits per heavy atom. The van der Waals surface area contributed by atoms with Crippen LogP contribution in [0.4, 0.5) is 5.69 Å². The Morgan fingerprint density at radius 2 is 2.21 bits per heavy atom. The fraction of sp³-hybridized carbons (Fsp3) is 0.222. The quantitative estimate of drug-likeness (QED) is 0.707. The molecule has 0 saturated carbocycles. The fourth-order valence-electron chi connectivity index (χ4n) is 2.31. The summed E-state index contributed by atoms with van der Waals surface area (Å²) in [5, 5.41) is 7.39. The number of thiazole rings is 1. The van der Waals surface area contributed by atoms with Crippen molar-refractivity contribution in [1.82, 2.24) is 10.3 Å². The van der Waals surface area contributed by atoms with Crippen LogP contribution in [0.5, 0.6) is 0 Å². The minimum atomic E-state index is -0.251. The predicted octanol–water partition coefficient (Wildman–Crippen LogP) is 4.15. The lowest BCUT2D eigenvalue weighted by Crippen LogP contribution is -2.17. The number of rotatable bonds is 6. The molecule has 0 bridgehead atoms. The zero-order valence-corrected chi connectivity index (χ0v) is 14.4. The maximum Gasteiger partial charge on any atom is 0.291 e. The minimum absolute atomic E-state index is 0.234. The summed E-state index contributed by atoms with van der Waals surface area (Å²) in [4.78, 5) is 17.5. The topological polar surface area (TPSA) is 67.2 Å². The maximum absolute atomic E-state index is 12.0. The second kappa shape index (κ2) is 7.42. The molecular weight excluding hydrogens is 322 g/mol. The van der Waals surface area contributed by atoms with Crippen LogP contribution in [0.2, 0.25) is 0 Å². The summed E-state index contributed by atoms with van der Waals surface area (Å²) < 4.78 is 5.10. The van der Waals surface area contributed by atoms with Crippen molar-refractivity contribution in [2.75, 3.05) is 5.32 Å². The average molecular weight is 341 g/mol. The molecular formula is C18H19N3O2S. The second-order valence-corrected chi connectivity index (χ2v) is 6.78. The van der Waals surface area contributed by atoms with Gasteiger partial charge in [-0.15, -0.1) is 11.3 Å². The molecule has 0 radical (unpaired) electrons. The van der Waals surface area contributed by atoms with E-state index in [1.165, 1.54) is 11.1 Å². The van der Waals surface area contributed by atoms with Gasteiger partial charge in [-0.05, 0) is 43.7 Å². The number of hydrogen-bond donors (Lipinski definition) is 2. The van der Waals surface area contributed by atoms with Gasteiger partial charge in [-0.25, -0.2) is 4.98 Å². The van der Waals surface area contributed by atoms with Crippen molar-refractivity contribution in [2.24, 2.45) is 0 Å². The van der Waals surface area contributed by atoms with Gasteiger partial charge in [0.25, 0.3) is 5.91 Å². The molecule has 3 aromatic rings. The zero-order chi connectivity index (χ0) is 16.9. The number of hydrogen-bond acceptors (Lipinski definition) is 5. The van der Waals surface area contributed by atoms with Gasteiger partial charge < -0.3 is 15.1 Å². The monoisotopic (exact) mass is 341 g/mol. The predicted molar refractivity (Wildman–Crippen MR) is 95.2 cm³/mol. The molecule has 2 heterocycles. The first-order chi connectivity index (χ1) is 11.6. The molecule has 2 N–H and O–H groups in total. The maximum atomic E-state index is 12.0. The molecule has 1 atom stereocenters. The van der Waals surface area contributed by atoms with E-state index in [0.717, 1.165) is 16.3 Å². The molecule has 0 aliphatic heterocycles. The number of carbonyl (C=O) groups excluding carboxylic acids is 1. The number of furan rings is 1. The first kappa shape index (κ1) is 16.4. The van der Waals surface area contributed by atoms with E-state index in [1.807, 2.05) is 37.4 Å². The van der Waals surface area contributed by atoms with E-state index in [2.05, 4.69) is 22.5 Å². The molecule has 1 amide bonds. The van der Waals surface area contributed by atoms with Crippen LogP contribution in [0.15, 0.2) is 53.3 Å². The molecule has 5 nitrogen and oxygen atoms in total. The standard InChI is InChI=1S/C18H19N3O2S/c1-12(17-11-20-13(2)24-17)19-10-14-5-3-6-15(9-14)21-18(22)16-7-4-8-23-16/h3-9,11-12,19H,10H2,1-2H3,(H,21,22)/t12-/m1/s1. The van der Waals surface area contributed by atoms with E-state index >= 15 is 0 Å². The van der Waals surface area contributed by atoms with Gasteiger partial charge in [-0.3, -0.25) is 4.79 Å². The number of nitrogens with one attached hydrogen (secondary N) is 2. The molecule has 6 heteroatoms. The van der Waals surface area contributed by atoms with Crippen LogP contribution < -0.4 is 10.6 Å². The summed E-state index contributed by atoms with van der Waals surface area (Å²) in [7, 11) is 0. The smallest absolute Gasteiger partial charge is 0.291 e. The highest BCUT2D eigenvalue weighted by atomic mass is 32.1. The summed E-state index contributed by atoms with van der Waals surface area (Å²) in [5.74, 6) is 0.0475. The van der Waals surface area contributed by atoms with Gasteiger partial charge in [-0.1, -0.05) is 12.1 Å². The van der Waals surface area contributed by atoms with Crippen molar-refractivity contribution >= 4 is 22.9 Å². The lowest BCUT2D eigenvalue weighted by Gasteiger charge is -2.12. The van der Waals surface area contributed by atoms with Gasteiger partial charge in [0, 0.05) is 29.3 Å². The van der Waals surface area contributed by atoms with Crippen LogP contribution in [-0.2, 0) is 6.54 Å². The molecule has 0 aliphatic carbocycles. The Hall–Kier alpha value is -2.44. The van der Waals surface area contributed by atoms with Gasteiger partial charge in [-0.2, -0.15) is 0 Å². The number of carbonyl (C=O) groups is 1. The SMILES string of the molecule is Cc1ncc([C@@H](C)NCc2cccc(NC(=O)c3ccco3)c2)s1. The average Bonchev–Trinajstić information content (AvgIpc) is 3.24. The third kappa shape index (κ3) is 4.10. The van der Waals surface area contributed by atoms with E-state index in [0.29, 0.717) is 12.3 Å². The molecule has 0 unspecified atom stereocenters. The van der Waals surface area contributed by atoms with E-state index in [9.17, 15) is 4.79 Å². The second-order valence-electron chi connectivity index (χ2n) is 5.52. The molecule has 3 rings (SSSR count). The van der Waals surface area contributed by atoms with Crippen molar-refractivity contribution in [3.8, 4) is 0 Å². The molecule has 0 aliphatic rings. The molecule has 1 aromatic carbocycles. The largest absolute Gasteiger partial charge is 0.459 e. The lowest BCUT2D eigenvalue weighted by atomic mass is 10.2. The van der Waals surface area contributed by atoms with Crippen LogP contribution in [0.1, 0.15) is 39.0 Å². The molecule has 124 valence electrons. The van der Waals surface area contributed by atoms with Crippen LogP contribution in [0, 0.1) is 6.92 Å². The molecule has 0 fully saturated rings. The summed E-state index contributed by atoms with van der Waals surface area (Å²) >= 11 is 1.70. The number of anilines is 1. The third-order valence-corrected chi connectivity index (χ3v) is 4.70. The van der Waals surface area contributed by atoms with Crippen LogP contribution in [-0.4, -0.2) is 10.9 Å². The Kier molecular flexibility index (Phi) is 5.08. The Balaban J connectivity index is 1.60. The van der Waals surface area contributed by atoms with Crippen LogP contribution in [0.3, 0.4) is 0 Å². The van der Waals surface area contributed by atoms with Crippen molar-refractivity contribution < 1.29 is 9.21 Å². The summed E-state index contributed by atoms with van der Waals surface area (Å²) in [5.41, 5.74) is 1.84. The number of amides is 1. The number of aryl methyl sites for hydroxylation is 1. The lowest BCUT2D eigenvalue weighted by molar-refractivity contribution is 0.0996. The summed E-state index contributed by atoms with van der Waals surface area (Å²) in [6, 6.07) is 11.3. The summed E-state index contributed by atoms with van der Waals surface area (Å²) in [6.45, 7) is 4.84. The molecule has 2 aromatic heterocycles. The van der Waals surface area contributed by atoms with E-state index in [4.69, 9.17) is 4.42 Å². The Morgan fingerprint density at radius 1 is 1.33 bits per heavy atom. The van der Waals surface area contributed by atoms with Gasteiger partial charge in [0.15, 0.2) is 5.76 Å². The van der Waals surface area contributed by atoms with Crippen molar-refractivity contribution in [3.05, 3.63) is 70.1 Å². The molecule has 0 saturated heterocycles. The van der Waals surface area contributed by atoms with Gasteiger partial charge in [0.2, 0.25) is 0 Å². The normalized spacial score (nSPS) is 12.1. The Bertz CT molecular complexity index is 811. The van der Waals surface area contributed by atoms with Crippen LogP contribution in [0.25, 0.3) is 0 Å². The number of nitrogens with zero attached hydrogens (tertiary/aromatic N) is 1. The number of aromatic nitrogens is 1. The first-order valence-electron chi connectivity index (χ1n) is 7.71. The van der Waals surface area contributed by atoms with Crippen LogP contribution >= 0.6 is 11.3 Å². The van der Waals surface area contributed by atoms with Gasteiger partial charge >= 0.3 is 0 Å². The summed E-state index contributed by atoms with van der Waals surface area (Å²) in [6.07, 6.45) is 3.40. The van der Waals surface area contributed by atoms with Crippen molar-refractivity contribution in [2.45, 2.75) is 26.4 Å². The van der Waals surface area contributed by atoms with E-state index < -0.39 is 0 Å². The zero-order valence-electron chi connectivity index (χ0n) is 13.6. The third-order valence-electron chi connectivity index (χ3n) is 3.61. The van der Waals surface area contributed by atoms with Crippen molar-refractivity contribution in [3.63, 3.8) is 0 Å². The van der Waals surface area contributed by atoms with E-state index in [-0.39, 0.29) is 11.9 Å². The van der Waals surface area contributed by atoms with Gasteiger partial charge in [0.05, 0.1) is 11.3 Å². The molecule has 0 spiro atoms.